The number of primary amides is 1. The SMILES string of the molecule is CC(O[C@@H](c1ccccc1)C(CC(O)C(Cc1ccccc1)NC(=O)OC(C)(C)C)C(N)=O)C1CNCCO1. The second-order valence-electron chi connectivity index (χ2n) is 11.0. The lowest BCUT2D eigenvalue weighted by Gasteiger charge is -2.35. The van der Waals surface area contributed by atoms with E-state index in [1.807, 2.05) is 67.6 Å². The van der Waals surface area contributed by atoms with Gasteiger partial charge in [0.05, 0.1) is 43.0 Å². The van der Waals surface area contributed by atoms with Crippen molar-refractivity contribution in [3.8, 4) is 0 Å². The van der Waals surface area contributed by atoms with Crippen LogP contribution in [0.3, 0.4) is 0 Å². The number of hydrogen-bond donors (Lipinski definition) is 4. The number of ether oxygens (including phenoxy) is 3. The summed E-state index contributed by atoms with van der Waals surface area (Å²) in [6, 6.07) is 18.1. The van der Waals surface area contributed by atoms with E-state index in [4.69, 9.17) is 19.9 Å². The Kier molecular flexibility index (Phi) is 11.3. The third-order valence-electron chi connectivity index (χ3n) is 6.66. The Morgan fingerprint density at radius 1 is 1.13 bits per heavy atom. The number of hydrogen-bond acceptors (Lipinski definition) is 7. The predicted octanol–water partition coefficient (Wildman–Crippen LogP) is 3.11. The van der Waals surface area contributed by atoms with Gasteiger partial charge in [-0.25, -0.2) is 4.79 Å². The third-order valence-corrected chi connectivity index (χ3v) is 6.66. The van der Waals surface area contributed by atoms with E-state index in [0.717, 1.165) is 17.7 Å². The summed E-state index contributed by atoms with van der Waals surface area (Å²) >= 11 is 0. The molecule has 0 radical (unpaired) electrons. The van der Waals surface area contributed by atoms with Crippen LogP contribution in [0.15, 0.2) is 60.7 Å². The third kappa shape index (κ3) is 9.93. The fraction of sp³-hybridized carbons (Fsp3) is 0.533. The number of nitrogens with one attached hydrogen (secondary N) is 2. The number of aliphatic hydroxyl groups excluding tert-OH is 1. The molecule has 3 rings (SSSR count). The van der Waals surface area contributed by atoms with Gasteiger partial charge in [0, 0.05) is 13.1 Å². The predicted molar refractivity (Wildman–Crippen MR) is 149 cm³/mol. The number of morpholine rings is 1. The van der Waals surface area contributed by atoms with E-state index in [1.165, 1.54) is 0 Å². The van der Waals surface area contributed by atoms with Gasteiger partial charge in [0.1, 0.15) is 5.60 Å². The average molecular weight is 542 g/mol. The van der Waals surface area contributed by atoms with Gasteiger partial charge in [-0.05, 0) is 51.7 Å². The molecule has 5 unspecified atom stereocenters. The van der Waals surface area contributed by atoms with Gasteiger partial charge in [-0.3, -0.25) is 4.79 Å². The van der Waals surface area contributed by atoms with Crippen molar-refractivity contribution in [1.29, 1.82) is 0 Å². The van der Waals surface area contributed by atoms with Crippen LogP contribution in [0.5, 0.6) is 0 Å². The Balaban J connectivity index is 1.84. The van der Waals surface area contributed by atoms with Crippen molar-refractivity contribution in [2.75, 3.05) is 19.7 Å². The lowest BCUT2D eigenvalue weighted by Crippen LogP contribution is -2.49. The van der Waals surface area contributed by atoms with Crippen molar-refractivity contribution in [3.63, 3.8) is 0 Å². The van der Waals surface area contributed by atoms with E-state index in [9.17, 15) is 14.7 Å². The second-order valence-corrected chi connectivity index (χ2v) is 11.0. The molecule has 2 aromatic carbocycles. The Morgan fingerprint density at radius 2 is 1.77 bits per heavy atom. The first kappa shape index (κ1) is 30.6. The number of carbonyl (C=O) groups is 2. The number of nitrogens with two attached hydrogens (primary N) is 1. The number of alkyl carbamates (subject to hydrolysis) is 1. The highest BCUT2D eigenvalue weighted by Crippen LogP contribution is 2.32. The number of aliphatic hydroxyl groups is 1. The van der Waals surface area contributed by atoms with Crippen LogP contribution in [0, 0.1) is 5.92 Å². The fourth-order valence-electron chi connectivity index (χ4n) is 4.68. The highest BCUT2D eigenvalue weighted by atomic mass is 16.6. The van der Waals surface area contributed by atoms with E-state index < -0.39 is 41.8 Å². The summed E-state index contributed by atoms with van der Waals surface area (Å²) in [5.41, 5.74) is 6.90. The molecule has 6 atom stereocenters. The smallest absolute Gasteiger partial charge is 0.407 e. The van der Waals surface area contributed by atoms with Gasteiger partial charge in [0.2, 0.25) is 5.91 Å². The fourth-order valence-corrected chi connectivity index (χ4v) is 4.68. The molecule has 0 bridgehead atoms. The molecular weight excluding hydrogens is 498 g/mol. The maximum atomic E-state index is 12.9. The summed E-state index contributed by atoms with van der Waals surface area (Å²) in [6.07, 6.45) is -2.72. The first-order valence-corrected chi connectivity index (χ1v) is 13.6. The van der Waals surface area contributed by atoms with Crippen molar-refractivity contribution in [1.82, 2.24) is 10.6 Å². The standard InChI is InChI=1S/C30H43N3O6/c1-20(26-19-32-15-16-37-26)38-27(22-13-9-6-10-14-22)23(28(31)35)18-25(34)24(17-21-11-7-5-8-12-21)33-29(36)39-30(2,3)4/h5-14,20,23-27,32,34H,15-19H2,1-4H3,(H2,31,35)(H,33,36)/t20?,23?,24?,25?,26?,27-/m0/s1. The van der Waals surface area contributed by atoms with Crippen molar-refractivity contribution in [2.45, 2.75) is 76.6 Å². The first-order chi connectivity index (χ1) is 18.5. The Morgan fingerprint density at radius 3 is 2.33 bits per heavy atom. The van der Waals surface area contributed by atoms with Gasteiger partial charge in [-0.1, -0.05) is 60.7 Å². The lowest BCUT2D eigenvalue weighted by atomic mass is 9.86. The highest BCUT2D eigenvalue weighted by Gasteiger charge is 2.37. The summed E-state index contributed by atoms with van der Waals surface area (Å²) in [7, 11) is 0. The molecule has 1 fully saturated rings. The molecule has 2 aromatic rings. The largest absolute Gasteiger partial charge is 0.444 e. The van der Waals surface area contributed by atoms with Crippen LogP contribution < -0.4 is 16.4 Å². The van der Waals surface area contributed by atoms with Crippen molar-refractivity contribution in [2.24, 2.45) is 11.7 Å². The van der Waals surface area contributed by atoms with Crippen molar-refractivity contribution < 1.29 is 28.9 Å². The molecule has 0 aromatic heterocycles. The molecule has 1 heterocycles. The summed E-state index contributed by atoms with van der Waals surface area (Å²) in [6.45, 7) is 9.20. The van der Waals surface area contributed by atoms with E-state index in [2.05, 4.69) is 10.6 Å². The minimum absolute atomic E-state index is 0.0291. The zero-order valence-electron chi connectivity index (χ0n) is 23.3. The molecule has 0 spiro atoms. The number of rotatable bonds is 12. The maximum Gasteiger partial charge on any atom is 0.407 e. The quantitative estimate of drug-likeness (QED) is 0.325. The summed E-state index contributed by atoms with van der Waals surface area (Å²) < 4.78 is 17.8. The molecule has 9 heteroatoms. The minimum atomic E-state index is -1.12. The van der Waals surface area contributed by atoms with Gasteiger partial charge in [-0.15, -0.1) is 0 Å². The molecule has 214 valence electrons. The summed E-state index contributed by atoms with van der Waals surface area (Å²) in [5.74, 6) is -1.48. The normalized spacial score (nSPS) is 19.8. The van der Waals surface area contributed by atoms with Crippen LogP contribution in [-0.2, 0) is 25.4 Å². The van der Waals surface area contributed by atoms with Gasteiger partial charge in [0.25, 0.3) is 0 Å². The van der Waals surface area contributed by atoms with Gasteiger partial charge < -0.3 is 35.7 Å². The lowest BCUT2D eigenvalue weighted by molar-refractivity contribution is -0.143. The van der Waals surface area contributed by atoms with Crippen molar-refractivity contribution in [3.05, 3.63) is 71.8 Å². The molecule has 1 aliphatic rings. The number of benzene rings is 2. The Bertz CT molecular complexity index is 1020. The number of carbonyl (C=O) groups excluding carboxylic acids is 2. The van der Waals surface area contributed by atoms with Crippen LogP contribution in [0.25, 0.3) is 0 Å². The second kappa shape index (κ2) is 14.4. The molecule has 1 saturated heterocycles. The van der Waals surface area contributed by atoms with E-state index in [0.29, 0.717) is 19.6 Å². The summed E-state index contributed by atoms with van der Waals surface area (Å²) in [5, 5.41) is 17.5. The molecular formula is C30H43N3O6. The van der Waals surface area contributed by atoms with Crippen LogP contribution >= 0.6 is 0 Å². The van der Waals surface area contributed by atoms with Crippen molar-refractivity contribution >= 4 is 12.0 Å². The summed E-state index contributed by atoms with van der Waals surface area (Å²) in [4.78, 5) is 25.6. The molecule has 5 N–H and O–H groups in total. The number of amides is 2. The molecule has 39 heavy (non-hydrogen) atoms. The molecule has 0 saturated carbocycles. The first-order valence-electron chi connectivity index (χ1n) is 13.6. The Labute approximate surface area is 231 Å². The average Bonchev–Trinajstić information content (AvgIpc) is 2.90. The van der Waals surface area contributed by atoms with Crippen LogP contribution in [0.4, 0.5) is 4.79 Å². The van der Waals surface area contributed by atoms with Gasteiger partial charge >= 0.3 is 6.09 Å². The van der Waals surface area contributed by atoms with Gasteiger partial charge in [0.15, 0.2) is 0 Å². The van der Waals surface area contributed by atoms with Crippen LogP contribution in [-0.4, -0.2) is 66.8 Å². The Hall–Kier alpha value is -2.98. The molecule has 0 aliphatic carbocycles. The monoisotopic (exact) mass is 541 g/mol. The maximum absolute atomic E-state index is 12.9. The van der Waals surface area contributed by atoms with E-state index >= 15 is 0 Å². The topological polar surface area (TPSA) is 132 Å². The zero-order valence-corrected chi connectivity index (χ0v) is 23.3. The molecule has 1 aliphatic heterocycles. The van der Waals surface area contributed by atoms with E-state index in [1.54, 1.807) is 20.8 Å². The van der Waals surface area contributed by atoms with Crippen LogP contribution in [0.2, 0.25) is 0 Å². The van der Waals surface area contributed by atoms with Crippen LogP contribution in [0.1, 0.15) is 51.3 Å². The molecule has 9 nitrogen and oxygen atoms in total. The minimum Gasteiger partial charge on any atom is -0.444 e. The molecule has 2 amide bonds. The van der Waals surface area contributed by atoms with E-state index in [-0.39, 0.29) is 18.6 Å². The zero-order chi connectivity index (χ0) is 28.4. The highest BCUT2D eigenvalue weighted by molar-refractivity contribution is 5.77. The van der Waals surface area contributed by atoms with Gasteiger partial charge in [-0.2, -0.15) is 0 Å².